The molecule has 1 heterocycles. The Morgan fingerprint density at radius 2 is 1.94 bits per heavy atom. The van der Waals surface area contributed by atoms with Gasteiger partial charge in [0.15, 0.2) is 0 Å². The highest BCUT2D eigenvalue weighted by Crippen LogP contribution is 2.54. The van der Waals surface area contributed by atoms with Gasteiger partial charge in [0.25, 0.3) is 5.69 Å². The molecule has 1 aliphatic carbocycles. The normalized spacial score (nSPS) is 24.7. The molecule has 2 fully saturated rings. The van der Waals surface area contributed by atoms with Crippen LogP contribution in [0.25, 0.3) is 0 Å². The Bertz CT molecular complexity index is 505. The summed E-state index contributed by atoms with van der Waals surface area (Å²) in [7, 11) is 0. The first-order valence-electron chi connectivity index (χ1n) is 6.16. The molecular weight excluding hydrogens is 232 g/mol. The van der Waals surface area contributed by atoms with E-state index in [0.29, 0.717) is 6.54 Å². The van der Waals surface area contributed by atoms with E-state index in [1.807, 2.05) is 0 Å². The van der Waals surface area contributed by atoms with E-state index in [9.17, 15) is 14.9 Å². The summed E-state index contributed by atoms with van der Waals surface area (Å²) in [5.41, 5.74) is 0.883. The molecule has 1 spiro atoms. The van der Waals surface area contributed by atoms with E-state index in [-0.39, 0.29) is 22.9 Å². The third-order valence-corrected chi connectivity index (χ3v) is 4.34. The second-order valence-corrected chi connectivity index (χ2v) is 5.12. The standard InChI is InChI=1S/C13H14N2O3/c16-12-13(6-1-7-13)11(8-14-12)9-2-4-10(5-3-9)15(17)18/h2-5,11H,1,6-8H2,(H,14,16)/t11-/m0/s1. The lowest BCUT2D eigenvalue weighted by Gasteiger charge is -2.40. The summed E-state index contributed by atoms with van der Waals surface area (Å²) in [6.07, 6.45) is 2.96. The number of amides is 1. The van der Waals surface area contributed by atoms with Crippen molar-refractivity contribution in [3.8, 4) is 0 Å². The van der Waals surface area contributed by atoms with Gasteiger partial charge in [0, 0.05) is 24.6 Å². The first-order valence-corrected chi connectivity index (χ1v) is 6.16. The number of carbonyl (C=O) groups is 1. The molecule has 1 atom stereocenters. The number of hydrogen-bond acceptors (Lipinski definition) is 3. The Hall–Kier alpha value is -1.91. The molecule has 18 heavy (non-hydrogen) atoms. The molecule has 94 valence electrons. The summed E-state index contributed by atoms with van der Waals surface area (Å²) in [5.74, 6) is 0.316. The second kappa shape index (κ2) is 3.80. The zero-order chi connectivity index (χ0) is 12.8. The summed E-state index contributed by atoms with van der Waals surface area (Å²) in [6, 6.07) is 6.60. The van der Waals surface area contributed by atoms with Gasteiger partial charge in [0.1, 0.15) is 0 Å². The van der Waals surface area contributed by atoms with Crippen molar-refractivity contribution in [2.24, 2.45) is 5.41 Å². The molecule has 0 aromatic heterocycles. The molecule has 0 unspecified atom stereocenters. The first kappa shape index (κ1) is 11.2. The lowest BCUT2D eigenvalue weighted by atomic mass is 9.61. The SMILES string of the molecule is O=C1NC[C@@H](c2ccc([N+](=O)[O-])cc2)C12CCC2. The average molecular weight is 246 g/mol. The third-order valence-electron chi connectivity index (χ3n) is 4.34. The zero-order valence-corrected chi connectivity index (χ0v) is 9.89. The summed E-state index contributed by atoms with van der Waals surface area (Å²) in [6.45, 7) is 0.649. The van der Waals surface area contributed by atoms with Gasteiger partial charge in [-0.15, -0.1) is 0 Å². The lowest BCUT2D eigenvalue weighted by molar-refractivity contribution is -0.384. The van der Waals surface area contributed by atoms with E-state index in [0.717, 1.165) is 24.8 Å². The van der Waals surface area contributed by atoms with Crippen LogP contribution in [0.2, 0.25) is 0 Å². The zero-order valence-electron chi connectivity index (χ0n) is 9.89. The number of rotatable bonds is 2. The van der Waals surface area contributed by atoms with Crippen LogP contribution in [0.15, 0.2) is 24.3 Å². The van der Waals surface area contributed by atoms with Crippen LogP contribution in [-0.4, -0.2) is 17.4 Å². The van der Waals surface area contributed by atoms with E-state index in [1.54, 1.807) is 12.1 Å². The van der Waals surface area contributed by atoms with Crippen LogP contribution in [0.4, 0.5) is 5.69 Å². The predicted molar refractivity (Wildman–Crippen MR) is 65.1 cm³/mol. The molecule has 1 N–H and O–H groups in total. The molecule has 1 amide bonds. The largest absolute Gasteiger partial charge is 0.355 e. The average Bonchev–Trinajstić information content (AvgIpc) is 2.66. The van der Waals surface area contributed by atoms with E-state index in [4.69, 9.17) is 0 Å². The first-order chi connectivity index (χ1) is 8.63. The Kier molecular flexibility index (Phi) is 2.36. The molecule has 1 saturated carbocycles. The van der Waals surface area contributed by atoms with Crippen molar-refractivity contribution in [2.75, 3.05) is 6.54 Å². The van der Waals surface area contributed by atoms with Gasteiger partial charge >= 0.3 is 0 Å². The quantitative estimate of drug-likeness (QED) is 0.640. The molecule has 1 aromatic carbocycles. The van der Waals surface area contributed by atoms with Gasteiger partial charge in [0.2, 0.25) is 5.91 Å². The van der Waals surface area contributed by atoms with Gasteiger partial charge in [0.05, 0.1) is 10.3 Å². The van der Waals surface area contributed by atoms with Crippen molar-refractivity contribution in [3.05, 3.63) is 39.9 Å². The van der Waals surface area contributed by atoms with Crippen molar-refractivity contribution in [1.82, 2.24) is 5.32 Å². The maximum Gasteiger partial charge on any atom is 0.269 e. The maximum atomic E-state index is 11.9. The van der Waals surface area contributed by atoms with Crippen LogP contribution in [0.5, 0.6) is 0 Å². The van der Waals surface area contributed by atoms with E-state index in [1.165, 1.54) is 12.1 Å². The van der Waals surface area contributed by atoms with Gasteiger partial charge in [-0.05, 0) is 18.4 Å². The Morgan fingerprint density at radius 3 is 2.44 bits per heavy atom. The Morgan fingerprint density at radius 1 is 1.28 bits per heavy atom. The highest BCUT2D eigenvalue weighted by Gasteiger charge is 2.54. The van der Waals surface area contributed by atoms with Crippen molar-refractivity contribution >= 4 is 11.6 Å². The summed E-state index contributed by atoms with van der Waals surface area (Å²) in [4.78, 5) is 22.1. The molecular formula is C13H14N2O3. The molecule has 3 rings (SSSR count). The Balaban J connectivity index is 1.91. The molecule has 1 aromatic rings. The molecule has 1 saturated heterocycles. The molecule has 1 aliphatic heterocycles. The van der Waals surface area contributed by atoms with Crippen molar-refractivity contribution in [2.45, 2.75) is 25.2 Å². The smallest absolute Gasteiger partial charge is 0.269 e. The molecule has 5 nitrogen and oxygen atoms in total. The number of benzene rings is 1. The van der Waals surface area contributed by atoms with Gasteiger partial charge in [-0.25, -0.2) is 0 Å². The van der Waals surface area contributed by atoms with Gasteiger partial charge in [-0.2, -0.15) is 0 Å². The maximum absolute atomic E-state index is 11.9. The molecule has 5 heteroatoms. The minimum atomic E-state index is -0.402. The summed E-state index contributed by atoms with van der Waals surface area (Å²) in [5, 5.41) is 13.5. The second-order valence-electron chi connectivity index (χ2n) is 5.12. The third kappa shape index (κ3) is 1.43. The predicted octanol–water partition coefficient (Wildman–Crippen LogP) is 1.98. The highest BCUT2D eigenvalue weighted by atomic mass is 16.6. The fourth-order valence-corrected chi connectivity index (χ4v) is 3.12. The van der Waals surface area contributed by atoms with Crippen LogP contribution in [0, 0.1) is 15.5 Å². The van der Waals surface area contributed by atoms with Crippen molar-refractivity contribution in [3.63, 3.8) is 0 Å². The van der Waals surface area contributed by atoms with E-state index >= 15 is 0 Å². The number of nitro benzene ring substituents is 1. The van der Waals surface area contributed by atoms with Crippen LogP contribution >= 0.6 is 0 Å². The number of nitrogens with one attached hydrogen (secondary N) is 1. The van der Waals surface area contributed by atoms with Crippen LogP contribution in [-0.2, 0) is 4.79 Å². The molecule has 0 radical (unpaired) electrons. The summed E-state index contributed by atoms with van der Waals surface area (Å²) < 4.78 is 0. The summed E-state index contributed by atoms with van der Waals surface area (Å²) >= 11 is 0. The minimum Gasteiger partial charge on any atom is -0.355 e. The van der Waals surface area contributed by atoms with Gasteiger partial charge in [-0.1, -0.05) is 18.6 Å². The monoisotopic (exact) mass is 246 g/mol. The van der Waals surface area contributed by atoms with Gasteiger partial charge in [-0.3, -0.25) is 14.9 Å². The van der Waals surface area contributed by atoms with Gasteiger partial charge < -0.3 is 5.32 Å². The number of non-ortho nitro benzene ring substituents is 1. The van der Waals surface area contributed by atoms with Crippen LogP contribution < -0.4 is 5.32 Å². The Labute approximate surface area is 104 Å². The number of carbonyl (C=O) groups excluding carboxylic acids is 1. The van der Waals surface area contributed by atoms with Crippen molar-refractivity contribution < 1.29 is 9.72 Å². The minimum absolute atomic E-state index is 0.0960. The van der Waals surface area contributed by atoms with E-state index in [2.05, 4.69) is 5.32 Å². The highest BCUT2D eigenvalue weighted by molar-refractivity contribution is 5.87. The van der Waals surface area contributed by atoms with Crippen molar-refractivity contribution in [1.29, 1.82) is 0 Å². The van der Waals surface area contributed by atoms with E-state index < -0.39 is 4.92 Å². The fourth-order valence-electron chi connectivity index (χ4n) is 3.12. The topological polar surface area (TPSA) is 72.2 Å². The van der Waals surface area contributed by atoms with Crippen LogP contribution in [0.3, 0.4) is 0 Å². The number of nitrogens with zero attached hydrogens (tertiary/aromatic N) is 1. The van der Waals surface area contributed by atoms with Crippen LogP contribution in [0.1, 0.15) is 30.7 Å². The fraction of sp³-hybridized carbons (Fsp3) is 0.462. The lowest BCUT2D eigenvalue weighted by Crippen LogP contribution is -2.40. The number of nitro groups is 1. The number of hydrogen-bond donors (Lipinski definition) is 1. The molecule has 0 bridgehead atoms. The molecule has 2 aliphatic rings.